The fourth-order valence-corrected chi connectivity index (χ4v) is 2.55. The van der Waals surface area contributed by atoms with Crippen LogP contribution in [0.15, 0.2) is 11.3 Å². The first-order chi connectivity index (χ1) is 6.48. The van der Waals surface area contributed by atoms with E-state index in [4.69, 9.17) is 5.73 Å². The highest BCUT2D eigenvalue weighted by Crippen LogP contribution is 2.39. The molecule has 1 heterocycles. The van der Waals surface area contributed by atoms with Gasteiger partial charge < -0.3 is 11.1 Å². The van der Waals surface area contributed by atoms with Crippen molar-refractivity contribution in [2.45, 2.75) is 45.6 Å². The Morgan fingerprint density at radius 3 is 2.86 bits per heavy atom. The monoisotopic (exact) mass is 194 g/mol. The molecule has 2 aliphatic rings. The molecule has 3 nitrogen and oxygen atoms in total. The van der Waals surface area contributed by atoms with Crippen LogP contribution >= 0.6 is 0 Å². The lowest BCUT2D eigenvalue weighted by Gasteiger charge is -2.39. The van der Waals surface area contributed by atoms with Crippen molar-refractivity contribution in [3.05, 3.63) is 11.3 Å². The van der Waals surface area contributed by atoms with Gasteiger partial charge in [0.05, 0.1) is 0 Å². The van der Waals surface area contributed by atoms with Crippen molar-refractivity contribution in [1.29, 1.82) is 0 Å². The molecule has 0 radical (unpaired) electrons. The van der Waals surface area contributed by atoms with E-state index in [1.807, 2.05) is 0 Å². The second-order valence-electron chi connectivity index (χ2n) is 5.20. The molecule has 3 heteroatoms. The zero-order valence-electron chi connectivity index (χ0n) is 8.89. The highest BCUT2D eigenvalue weighted by molar-refractivity contribution is 5.79. The van der Waals surface area contributed by atoms with Gasteiger partial charge in [-0.05, 0) is 30.3 Å². The maximum Gasteiger partial charge on any atom is 0.224 e. The van der Waals surface area contributed by atoms with Gasteiger partial charge in [-0.1, -0.05) is 13.8 Å². The molecule has 0 aromatic rings. The van der Waals surface area contributed by atoms with Crippen LogP contribution in [0, 0.1) is 5.41 Å². The van der Waals surface area contributed by atoms with Gasteiger partial charge in [0.2, 0.25) is 5.91 Å². The molecule has 1 atom stereocenters. The summed E-state index contributed by atoms with van der Waals surface area (Å²) < 4.78 is 0. The molecular formula is C11H18N2O. The summed E-state index contributed by atoms with van der Waals surface area (Å²) in [6.07, 6.45) is 3.45. The summed E-state index contributed by atoms with van der Waals surface area (Å²) >= 11 is 0. The number of allylic oxidation sites excluding steroid dienone is 1. The van der Waals surface area contributed by atoms with Crippen LogP contribution in [0.1, 0.15) is 39.5 Å². The molecule has 0 bridgehead atoms. The molecule has 0 fully saturated rings. The van der Waals surface area contributed by atoms with Gasteiger partial charge in [-0.2, -0.15) is 0 Å². The van der Waals surface area contributed by atoms with Gasteiger partial charge in [0.15, 0.2) is 0 Å². The standard InChI is InChI=1S/C11H18N2O/c1-11(2)5-8(12)7-3-4-10(14)13-9(7)6-11/h8H,3-6,12H2,1-2H3,(H,13,14). The molecule has 2 rings (SSSR count). The second kappa shape index (κ2) is 3.09. The predicted molar refractivity (Wildman–Crippen MR) is 55.4 cm³/mol. The molecule has 1 aliphatic heterocycles. The largest absolute Gasteiger partial charge is 0.330 e. The number of rotatable bonds is 0. The number of nitrogens with two attached hydrogens (primary N) is 1. The van der Waals surface area contributed by atoms with Crippen molar-refractivity contribution in [3.63, 3.8) is 0 Å². The molecule has 1 amide bonds. The summed E-state index contributed by atoms with van der Waals surface area (Å²) in [4.78, 5) is 11.2. The SMILES string of the molecule is CC1(C)CC2=C(CCC(=O)N2)C(N)C1. The molecule has 1 unspecified atom stereocenters. The number of nitrogens with one attached hydrogen (secondary N) is 1. The predicted octanol–water partition coefficient (Wildman–Crippen LogP) is 1.30. The summed E-state index contributed by atoms with van der Waals surface area (Å²) in [5, 5.41) is 2.97. The van der Waals surface area contributed by atoms with E-state index in [-0.39, 0.29) is 17.4 Å². The first-order valence-electron chi connectivity index (χ1n) is 5.25. The van der Waals surface area contributed by atoms with Crippen LogP contribution in [0.25, 0.3) is 0 Å². The van der Waals surface area contributed by atoms with Crippen molar-refractivity contribution < 1.29 is 4.79 Å². The molecule has 0 spiro atoms. The molecule has 0 saturated heterocycles. The Kier molecular flexibility index (Phi) is 2.14. The van der Waals surface area contributed by atoms with Gasteiger partial charge >= 0.3 is 0 Å². The maximum atomic E-state index is 11.2. The fourth-order valence-electron chi connectivity index (χ4n) is 2.55. The highest BCUT2D eigenvalue weighted by atomic mass is 16.1. The number of carbonyl (C=O) groups excluding carboxylic acids is 1. The third-order valence-electron chi connectivity index (χ3n) is 3.17. The number of hydrogen-bond acceptors (Lipinski definition) is 2. The van der Waals surface area contributed by atoms with Crippen molar-refractivity contribution in [3.8, 4) is 0 Å². The lowest BCUT2D eigenvalue weighted by Crippen LogP contribution is -2.42. The minimum Gasteiger partial charge on any atom is -0.330 e. The van der Waals surface area contributed by atoms with E-state index >= 15 is 0 Å². The third kappa shape index (κ3) is 1.69. The summed E-state index contributed by atoms with van der Waals surface area (Å²) in [5.74, 6) is 0.147. The summed E-state index contributed by atoms with van der Waals surface area (Å²) in [5.41, 5.74) is 8.71. The molecule has 0 aromatic heterocycles. The van der Waals surface area contributed by atoms with Gasteiger partial charge in [0.25, 0.3) is 0 Å². The fraction of sp³-hybridized carbons (Fsp3) is 0.727. The Bertz CT molecular complexity index is 304. The van der Waals surface area contributed by atoms with E-state index in [1.165, 1.54) is 5.57 Å². The van der Waals surface area contributed by atoms with E-state index in [9.17, 15) is 4.79 Å². The van der Waals surface area contributed by atoms with Crippen LogP contribution in [-0.4, -0.2) is 11.9 Å². The van der Waals surface area contributed by atoms with Gasteiger partial charge in [-0.15, -0.1) is 0 Å². The highest BCUT2D eigenvalue weighted by Gasteiger charge is 2.34. The van der Waals surface area contributed by atoms with Crippen molar-refractivity contribution >= 4 is 5.91 Å². The van der Waals surface area contributed by atoms with Crippen LogP contribution in [0.5, 0.6) is 0 Å². The Hall–Kier alpha value is -0.830. The van der Waals surface area contributed by atoms with Crippen LogP contribution in [0.4, 0.5) is 0 Å². The average Bonchev–Trinajstić information content (AvgIpc) is 2.00. The Morgan fingerprint density at radius 1 is 1.43 bits per heavy atom. The summed E-state index contributed by atoms with van der Waals surface area (Å²) in [6.45, 7) is 4.41. The van der Waals surface area contributed by atoms with Crippen LogP contribution in [-0.2, 0) is 4.79 Å². The Morgan fingerprint density at radius 2 is 2.14 bits per heavy atom. The summed E-state index contributed by atoms with van der Waals surface area (Å²) in [6, 6.07) is 0.148. The van der Waals surface area contributed by atoms with E-state index < -0.39 is 0 Å². The normalized spacial score (nSPS) is 31.1. The lowest BCUT2D eigenvalue weighted by molar-refractivity contribution is -0.121. The second-order valence-corrected chi connectivity index (χ2v) is 5.20. The topological polar surface area (TPSA) is 55.1 Å². The maximum absolute atomic E-state index is 11.2. The summed E-state index contributed by atoms with van der Waals surface area (Å²) in [7, 11) is 0. The number of carbonyl (C=O) groups is 1. The van der Waals surface area contributed by atoms with Gasteiger partial charge in [0.1, 0.15) is 0 Å². The van der Waals surface area contributed by atoms with Crippen molar-refractivity contribution in [2.75, 3.05) is 0 Å². The van der Waals surface area contributed by atoms with Crippen molar-refractivity contribution in [1.82, 2.24) is 5.32 Å². The number of amides is 1. The molecule has 1 aliphatic carbocycles. The quantitative estimate of drug-likeness (QED) is 0.610. The lowest BCUT2D eigenvalue weighted by atomic mass is 9.72. The molecule has 3 N–H and O–H groups in total. The van der Waals surface area contributed by atoms with Crippen molar-refractivity contribution in [2.24, 2.45) is 11.1 Å². The third-order valence-corrected chi connectivity index (χ3v) is 3.17. The van der Waals surface area contributed by atoms with Crippen LogP contribution < -0.4 is 11.1 Å². The number of hydrogen-bond donors (Lipinski definition) is 2. The van der Waals surface area contributed by atoms with Crippen LogP contribution in [0.2, 0.25) is 0 Å². The van der Waals surface area contributed by atoms with Crippen LogP contribution in [0.3, 0.4) is 0 Å². The Balaban J connectivity index is 2.28. The molecular weight excluding hydrogens is 176 g/mol. The molecule has 78 valence electrons. The molecule has 0 aromatic carbocycles. The zero-order valence-corrected chi connectivity index (χ0v) is 8.89. The smallest absolute Gasteiger partial charge is 0.224 e. The Labute approximate surface area is 84.7 Å². The first-order valence-corrected chi connectivity index (χ1v) is 5.25. The zero-order chi connectivity index (χ0) is 10.3. The van der Waals surface area contributed by atoms with Gasteiger partial charge in [-0.3, -0.25) is 4.79 Å². The van der Waals surface area contributed by atoms with E-state index in [0.717, 1.165) is 25.0 Å². The van der Waals surface area contributed by atoms with E-state index in [0.29, 0.717) is 6.42 Å². The van der Waals surface area contributed by atoms with Gasteiger partial charge in [-0.25, -0.2) is 0 Å². The van der Waals surface area contributed by atoms with E-state index in [2.05, 4.69) is 19.2 Å². The molecule has 14 heavy (non-hydrogen) atoms. The van der Waals surface area contributed by atoms with Gasteiger partial charge in [0, 0.05) is 18.2 Å². The first kappa shape index (κ1) is 9.71. The molecule has 0 saturated carbocycles. The minimum absolute atomic E-state index is 0.147. The minimum atomic E-state index is 0.147. The van der Waals surface area contributed by atoms with E-state index in [1.54, 1.807) is 0 Å². The average molecular weight is 194 g/mol.